The summed E-state index contributed by atoms with van der Waals surface area (Å²) in [6.45, 7) is 3.22. The molecule has 0 aliphatic rings. The van der Waals surface area contributed by atoms with Gasteiger partial charge in [0.2, 0.25) is 0 Å². The number of carbonyl (C=O) groups is 1. The molecule has 1 N–H and O–H groups in total. The predicted molar refractivity (Wildman–Crippen MR) is 81.2 cm³/mol. The van der Waals surface area contributed by atoms with E-state index < -0.39 is 5.97 Å². The molecule has 0 radical (unpaired) electrons. The first-order chi connectivity index (χ1) is 10.1. The highest BCUT2D eigenvalue weighted by Gasteiger charge is 2.03. The molecular weight excluding hydrogens is 268 g/mol. The van der Waals surface area contributed by atoms with Crippen molar-refractivity contribution in [2.24, 2.45) is 0 Å². The normalized spacial score (nSPS) is 11.1. The van der Waals surface area contributed by atoms with Gasteiger partial charge in [-0.3, -0.25) is 9.13 Å². The number of carboxylic acid groups (broad SMARTS) is 1. The van der Waals surface area contributed by atoms with Crippen LogP contribution in [-0.4, -0.2) is 20.2 Å². The molecule has 1 aromatic heterocycles. The third-order valence-corrected chi connectivity index (χ3v) is 3.10. The van der Waals surface area contributed by atoms with Gasteiger partial charge in [0.1, 0.15) is 0 Å². The molecule has 1 heterocycles. The third-order valence-electron chi connectivity index (χ3n) is 3.10. The lowest BCUT2D eigenvalue weighted by Gasteiger charge is -2.03. The smallest absolute Gasteiger partial charge is 0.328 e. The molecule has 0 amide bonds. The second kappa shape index (κ2) is 6.74. The van der Waals surface area contributed by atoms with E-state index in [4.69, 9.17) is 5.11 Å². The van der Waals surface area contributed by atoms with Gasteiger partial charge in [0.05, 0.1) is 6.54 Å². The topological polar surface area (TPSA) is 64.2 Å². The van der Waals surface area contributed by atoms with E-state index in [9.17, 15) is 9.59 Å². The van der Waals surface area contributed by atoms with Crippen molar-refractivity contribution in [2.45, 2.75) is 26.4 Å². The number of aliphatic carboxylic acids is 1. The molecular formula is C16H18N2O3. The van der Waals surface area contributed by atoms with Crippen LogP contribution in [0.4, 0.5) is 0 Å². The highest BCUT2D eigenvalue weighted by molar-refractivity contribution is 5.85. The van der Waals surface area contributed by atoms with Gasteiger partial charge in [-0.2, -0.15) is 0 Å². The lowest BCUT2D eigenvalue weighted by molar-refractivity contribution is -0.131. The Balaban J connectivity index is 2.18. The van der Waals surface area contributed by atoms with E-state index in [2.05, 4.69) is 0 Å². The Morgan fingerprint density at radius 1 is 1.29 bits per heavy atom. The molecule has 0 unspecified atom stereocenters. The second-order valence-corrected chi connectivity index (χ2v) is 4.82. The molecule has 5 heteroatoms. The molecule has 0 aliphatic heterocycles. The average molecular weight is 286 g/mol. The number of carboxylic acids is 1. The average Bonchev–Trinajstić information content (AvgIpc) is 2.79. The molecule has 0 saturated carbocycles. The molecule has 2 rings (SSSR count). The Hall–Kier alpha value is -2.56. The van der Waals surface area contributed by atoms with Crippen LogP contribution in [0.15, 0.2) is 47.5 Å². The minimum atomic E-state index is -0.978. The molecule has 0 spiro atoms. The second-order valence-electron chi connectivity index (χ2n) is 4.82. The number of nitrogens with zero attached hydrogens (tertiary/aromatic N) is 2. The van der Waals surface area contributed by atoms with Crippen molar-refractivity contribution in [3.05, 3.63) is 64.3 Å². The van der Waals surface area contributed by atoms with Gasteiger partial charge in [-0.25, -0.2) is 9.59 Å². The number of hydrogen-bond acceptors (Lipinski definition) is 2. The number of aryl methyl sites for hydroxylation is 1. The van der Waals surface area contributed by atoms with Crippen LogP contribution < -0.4 is 5.69 Å². The Morgan fingerprint density at radius 2 is 2.05 bits per heavy atom. The van der Waals surface area contributed by atoms with E-state index in [0.29, 0.717) is 13.1 Å². The Bertz CT molecular complexity index is 710. The molecule has 0 saturated heterocycles. The Kier molecular flexibility index (Phi) is 4.77. The van der Waals surface area contributed by atoms with E-state index in [1.165, 1.54) is 6.08 Å². The zero-order valence-corrected chi connectivity index (χ0v) is 11.9. The monoisotopic (exact) mass is 286 g/mol. The fourth-order valence-electron chi connectivity index (χ4n) is 2.14. The standard InChI is InChI=1S/C16H18N2O3/c1-2-8-17-9-10-18(16(17)21)12-14-5-3-4-13(11-14)6-7-15(19)20/h3-7,9-11H,2,8,12H2,1H3,(H,19,20)/b7-6+. The third kappa shape index (κ3) is 3.95. The maximum Gasteiger partial charge on any atom is 0.328 e. The first kappa shape index (κ1) is 14.8. The van der Waals surface area contributed by atoms with Crippen LogP contribution in [0, 0.1) is 0 Å². The van der Waals surface area contributed by atoms with Gasteiger partial charge in [-0.15, -0.1) is 0 Å². The maximum absolute atomic E-state index is 12.1. The Morgan fingerprint density at radius 3 is 2.76 bits per heavy atom. The lowest BCUT2D eigenvalue weighted by Crippen LogP contribution is -2.24. The number of benzene rings is 1. The fourth-order valence-corrected chi connectivity index (χ4v) is 2.14. The molecule has 110 valence electrons. The summed E-state index contributed by atoms with van der Waals surface area (Å²) in [4.78, 5) is 22.6. The van der Waals surface area contributed by atoms with Crippen molar-refractivity contribution in [2.75, 3.05) is 0 Å². The maximum atomic E-state index is 12.1. The lowest BCUT2D eigenvalue weighted by atomic mass is 10.1. The molecule has 2 aromatic rings. The van der Waals surface area contributed by atoms with Gasteiger partial charge in [0, 0.05) is 25.0 Å². The SMILES string of the molecule is CCCn1ccn(Cc2cccc(/C=C/C(=O)O)c2)c1=O. The summed E-state index contributed by atoms with van der Waals surface area (Å²) in [7, 11) is 0. The van der Waals surface area contributed by atoms with Gasteiger partial charge in [0.25, 0.3) is 0 Å². The summed E-state index contributed by atoms with van der Waals surface area (Å²) in [6.07, 6.45) is 7.12. The van der Waals surface area contributed by atoms with Crippen LogP contribution in [0.2, 0.25) is 0 Å². The van der Waals surface area contributed by atoms with Gasteiger partial charge in [-0.1, -0.05) is 25.1 Å². The number of rotatable bonds is 6. The van der Waals surface area contributed by atoms with Crippen molar-refractivity contribution in [1.29, 1.82) is 0 Å². The minimum absolute atomic E-state index is 0.0247. The van der Waals surface area contributed by atoms with Gasteiger partial charge in [-0.05, 0) is 29.7 Å². The minimum Gasteiger partial charge on any atom is -0.478 e. The summed E-state index contributed by atoms with van der Waals surface area (Å²) in [5.41, 5.74) is 1.73. The molecule has 0 fully saturated rings. The van der Waals surface area contributed by atoms with Crippen LogP contribution in [0.25, 0.3) is 6.08 Å². The number of aromatic nitrogens is 2. The van der Waals surface area contributed by atoms with E-state index in [-0.39, 0.29) is 5.69 Å². The quantitative estimate of drug-likeness (QED) is 0.828. The summed E-state index contributed by atoms with van der Waals surface area (Å²) in [5, 5.41) is 8.63. The largest absolute Gasteiger partial charge is 0.478 e. The van der Waals surface area contributed by atoms with E-state index in [1.807, 2.05) is 31.2 Å². The van der Waals surface area contributed by atoms with E-state index in [1.54, 1.807) is 21.5 Å². The first-order valence-electron chi connectivity index (χ1n) is 6.85. The van der Waals surface area contributed by atoms with Gasteiger partial charge < -0.3 is 5.11 Å². The van der Waals surface area contributed by atoms with Crippen LogP contribution in [0.1, 0.15) is 24.5 Å². The summed E-state index contributed by atoms with van der Waals surface area (Å²) in [6, 6.07) is 7.48. The predicted octanol–water partition coefficient (Wildman–Crippen LogP) is 2.21. The molecule has 0 atom stereocenters. The van der Waals surface area contributed by atoms with Crippen molar-refractivity contribution in [3.8, 4) is 0 Å². The van der Waals surface area contributed by atoms with Gasteiger partial charge in [0.15, 0.2) is 0 Å². The molecule has 0 aliphatic carbocycles. The molecule has 5 nitrogen and oxygen atoms in total. The molecule has 0 bridgehead atoms. The highest BCUT2D eigenvalue weighted by Crippen LogP contribution is 2.08. The number of hydrogen-bond donors (Lipinski definition) is 1. The van der Waals surface area contributed by atoms with Crippen molar-refractivity contribution in [3.63, 3.8) is 0 Å². The fraction of sp³-hybridized carbons (Fsp3) is 0.250. The van der Waals surface area contributed by atoms with Crippen LogP contribution in [0.3, 0.4) is 0 Å². The van der Waals surface area contributed by atoms with Crippen LogP contribution in [0.5, 0.6) is 0 Å². The van der Waals surface area contributed by atoms with Crippen molar-refractivity contribution < 1.29 is 9.90 Å². The molecule has 1 aromatic carbocycles. The summed E-state index contributed by atoms with van der Waals surface area (Å²) >= 11 is 0. The van der Waals surface area contributed by atoms with Crippen LogP contribution >= 0.6 is 0 Å². The van der Waals surface area contributed by atoms with Gasteiger partial charge >= 0.3 is 11.7 Å². The zero-order chi connectivity index (χ0) is 15.2. The van der Waals surface area contributed by atoms with Crippen molar-refractivity contribution >= 4 is 12.0 Å². The zero-order valence-electron chi connectivity index (χ0n) is 11.9. The van der Waals surface area contributed by atoms with E-state index >= 15 is 0 Å². The summed E-state index contributed by atoms with van der Waals surface area (Å²) < 4.78 is 3.34. The molecule has 21 heavy (non-hydrogen) atoms. The van der Waals surface area contributed by atoms with Crippen molar-refractivity contribution in [1.82, 2.24) is 9.13 Å². The highest BCUT2D eigenvalue weighted by atomic mass is 16.4. The first-order valence-corrected chi connectivity index (χ1v) is 6.85. The van der Waals surface area contributed by atoms with E-state index in [0.717, 1.165) is 23.6 Å². The Labute approximate surface area is 122 Å². The number of imidazole rings is 1. The van der Waals surface area contributed by atoms with Crippen LogP contribution in [-0.2, 0) is 17.9 Å². The summed E-state index contributed by atoms with van der Waals surface area (Å²) in [5.74, 6) is -0.978.